The van der Waals surface area contributed by atoms with Crippen LogP contribution in [0.5, 0.6) is 0 Å². The summed E-state index contributed by atoms with van der Waals surface area (Å²) in [6.45, 7) is 0. The van der Waals surface area contributed by atoms with Gasteiger partial charge in [0.2, 0.25) is 0 Å². The van der Waals surface area contributed by atoms with Crippen LogP contribution in [0.15, 0.2) is 12.1 Å². The SMILES string of the molecule is NNC(CCC1CCCC1)c1ccc(Cl)s1. The molecule has 0 aliphatic heterocycles. The number of hydrazine groups is 1. The third-order valence-electron chi connectivity index (χ3n) is 3.48. The van der Waals surface area contributed by atoms with Crippen molar-refractivity contribution >= 4 is 22.9 Å². The van der Waals surface area contributed by atoms with Crippen LogP contribution in [0.1, 0.15) is 49.4 Å². The standard InChI is InChI=1S/C12H19ClN2S/c13-12-8-7-11(16-12)10(15-14)6-5-9-3-1-2-4-9/h7-10,15H,1-6,14H2. The van der Waals surface area contributed by atoms with Crippen LogP contribution in [0.4, 0.5) is 0 Å². The molecule has 90 valence electrons. The molecule has 2 rings (SSSR count). The number of nitrogens with one attached hydrogen (secondary N) is 1. The average molecular weight is 259 g/mol. The molecule has 0 bridgehead atoms. The number of thiophene rings is 1. The van der Waals surface area contributed by atoms with Gasteiger partial charge < -0.3 is 0 Å². The number of rotatable bonds is 5. The van der Waals surface area contributed by atoms with Crippen molar-refractivity contribution in [3.63, 3.8) is 0 Å². The third-order valence-corrected chi connectivity index (χ3v) is 4.82. The van der Waals surface area contributed by atoms with Crippen molar-refractivity contribution in [2.24, 2.45) is 11.8 Å². The minimum atomic E-state index is 0.276. The summed E-state index contributed by atoms with van der Waals surface area (Å²) in [5.74, 6) is 6.53. The second-order valence-electron chi connectivity index (χ2n) is 4.59. The molecule has 1 aliphatic carbocycles. The van der Waals surface area contributed by atoms with E-state index in [-0.39, 0.29) is 6.04 Å². The van der Waals surface area contributed by atoms with Crippen LogP contribution in [0.25, 0.3) is 0 Å². The van der Waals surface area contributed by atoms with Crippen LogP contribution in [0.2, 0.25) is 4.34 Å². The molecule has 1 fully saturated rings. The first-order chi connectivity index (χ1) is 7.79. The highest BCUT2D eigenvalue weighted by Gasteiger charge is 2.18. The maximum Gasteiger partial charge on any atom is 0.0931 e. The maximum atomic E-state index is 5.94. The van der Waals surface area contributed by atoms with Crippen LogP contribution in [-0.4, -0.2) is 0 Å². The molecule has 1 unspecified atom stereocenters. The Morgan fingerprint density at radius 1 is 1.44 bits per heavy atom. The second-order valence-corrected chi connectivity index (χ2v) is 6.34. The van der Waals surface area contributed by atoms with Gasteiger partial charge in [-0.05, 0) is 30.9 Å². The Labute approximate surface area is 106 Å². The first-order valence-corrected chi connectivity index (χ1v) is 7.20. The molecule has 2 nitrogen and oxygen atoms in total. The van der Waals surface area contributed by atoms with Gasteiger partial charge in [0.1, 0.15) is 0 Å². The van der Waals surface area contributed by atoms with Crippen LogP contribution < -0.4 is 11.3 Å². The van der Waals surface area contributed by atoms with Crippen LogP contribution in [-0.2, 0) is 0 Å². The van der Waals surface area contributed by atoms with Crippen LogP contribution >= 0.6 is 22.9 Å². The molecule has 0 saturated heterocycles. The zero-order chi connectivity index (χ0) is 11.4. The van der Waals surface area contributed by atoms with Gasteiger partial charge in [-0.1, -0.05) is 37.3 Å². The van der Waals surface area contributed by atoms with Gasteiger partial charge in [-0.3, -0.25) is 11.3 Å². The molecule has 0 amide bonds. The topological polar surface area (TPSA) is 38.0 Å². The quantitative estimate of drug-likeness (QED) is 0.621. The first-order valence-electron chi connectivity index (χ1n) is 6.01. The van der Waals surface area contributed by atoms with Crippen molar-refractivity contribution in [3.05, 3.63) is 21.3 Å². The van der Waals surface area contributed by atoms with Crippen molar-refractivity contribution in [2.45, 2.75) is 44.6 Å². The zero-order valence-corrected chi connectivity index (χ0v) is 11.0. The summed E-state index contributed by atoms with van der Waals surface area (Å²) in [7, 11) is 0. The molecule has 1 aromatic heterocycles. The minimum absolute atomic E-state index is 0.276. The number of hydrogen-bond donors (Lipinski definition) is 2. The normalized spacial score (nSPS) is 19.1. The molecule has 0 radical (unpaired) electrons. The predicted octanol–water partition coefficient (Wildman–Crippen LogP) is 3.88. The fraction of sp³-hybridized carbons (Fsp3) is 0.667. The maximum absolute atomic E-state index is 5.94. The van der Waals surface area contributed by atoms with E-state index in [1.165, 1.54) is 37.0 Å². The van der Waals surface area contributed by atoms with Crippen LogP contribution in [0.3, 0.4) is 0 Å². The molecule has 16 heavy (non-hydrogen) atoms. The van der Waals surface area contributed by atoms with Gasteiger partial charge in [0.05, 0.1) is 10.4 Å². The Kier molecular flexibility index (Phi) is 4.65. The van der Waals surface area contributed by atoms with Gasteiger partial charge in [-0.25, -0.2) is 0 Å². The van der Waals surface area contributed by atoms with Gasteiger partial charge in [-0.15, -0.1) is 11.3 Å². The van der Waals surface area contributed by atoms with Gasteiger partial charge in [-0.2, -0.15) is 0 Å². The van der Waals surface area contributed by atoms with E-state index in [9.17, 15) is 0 Å². The summed E-state index contributed by atoms with van der Waals surface area (Å²) in [6, 6.07) is 4.30. The lowest BCUT2D eigenvalue weighted by molar-refractivity contribution is 0.420. The Morgan fingerprint density at radius 3 is 2.75 bits per heavy atom. The minimum Gasteiger partial charge on any atom is -0.271 e. The summed E-state index contributed by atoms with van der Waals surface area (Å²) >= 11 is 7.56. The average Bonchev–Trinajstić information content (AvgIpc) is 2.91. The van der Waals surface area contributed by atoms with Gasteiger partial charge in [0, 0.05) is 4.88 Å². The largest absolute Gasteiger partial charge is 0.271 e. The van der Waals surface area contributed by atoms with Crippen molar-refractivity contribution in [3.8, 4) is 0 Å². The van der Waals surface area contributed by atoms with E-state index in [1.807, 2.05) is 6.07 Å². The lowest BCUT2D eigenvalue weighted by atomic mass is 9.98. The zero-order valence-electron chi connectivity index (χ0n) is 9.42. The summed E-state index contributed by atoms with van der Waals surface area (Å²) in [5, 5.41) is 0. The molecular formula is C12H19ClN2S. The Bertz CT molecular complexity index is 321. The van der Waals surface area contributed by atoms with Crippen molar-refractivity contribution < 1.29 is 0 Å². The van der Waals surface area contributed by atoms with Crippen molar-refractivity contribution in [2.75, 3.05) is 0 Å². The molecule has 1 aromatic rings. The fourth-order valence-electron chi connectivity index (χ4n) is 2.52. The second kappa shape index (κ2) is 6.01. The van der Waals surface area contributed by atoms with Gasteiger partial charge in [0.25, 0.3) is 0 Å². The van der Waals surface area contributed by atoms with E-state index in [0.29, 0.717) is 0 Å². The third kappa shape index (κ3) is 3.20. The summed E-state index contributed by atoms with van der Waals surface area (Å²) in [4.78, 5) is 1.26. The fourth-order valence-corrected chi connectivity index (χ4v) is 3.68. The van der Waals surface area contributed by atoms with E-state index in [0.717, 1.165) is 16.7 Å². The lowest BCUT2D eigenvalue weighted by Gasteiger charge is -2.16. The van der Waals surface area contributed by atoms with E-state index in [1.54, 1.807) is 11.3 Å². The van der Waals surface area contributed by atoms with Gasteiger partial charge in [0.15, 0.2) is 0 Å². The molecule has 4 heteroatoms. The molecule has 1 heterocycles. The highest BCUT2D eigenvalue weighted by molar-refractivity contribution is 7.16. The highest BCUT2D eigenvalue weighted by atomic mass is 35.5. The summed E-state index contributed by atoms with van der Waals surface area (Å²) in [6.07, 6.45) is 8.04. The molecular weight excluding hydrogens is 240 g/mol. The molecule has 0 spiro atoms. The molecule has 3 N–H and O–H groups in total. The molecule has 0 aromatic carbocycles. The Balaban J connectivity index is 1.85. The van der Waals surface area contributed by atoms with E-state index in [2.05, 4.69) is 11.5 Å². The van der Waals surface area contributed by atoms with Gasteiger partial charge >= 0.3 is 0 Å². The Hall–Kier alpha value is -0.0900. The summed E-state index contributed by atoms with van der Waals surface area (Å²) < 4.78 is 0.844. The van der Waals surface area contributed by atoms with E-state index >= 15 is 0 Å². The van der Waals surface area contributed by atoms with E-state index < -0.39 is 0 Å². The number of halogens is 1. The molecule has 1 atom stereocenters. The lowest BCUT2D eigenvalue weighted by Crippen LogP contribution is -2.27. The predicted molar refractivity (Wildman–Crippen MR) is 70.6 cm³/mol. The molecule has 1 aliphatic rings. The van der Waals surface area contributed by atoms with Crippen molar-refractivity contribution in [1.29, 1.82) is 0 Å². The van der Waals surface area contributed by atoms with Crippen LogP contribution in [0, 0.1) is 5.92 Å². The van der Waals surface area contributed by atoms with E-state index in [4.69, 9.17) is 17.4 Å². The summed E-state index contributed by atoms with van der Waals surface area (Å²) in [5.41, 5.74) is 2.91. The van der Waals surface area contributed by atoms with Crippen molar-refractivity contribution in [1.82, 2.24) is 5.43 Å². The number of nitrogens with two attached hydrogens (primary N) is 1. The number of hydrogen-bond acceptors (Lipinski definition) is 3. The first kappa shape index (κ1) is 12.4. The molecule has 1 saturated carbocycles. The Morgan fingerprint density at radius 2 is 2.19 bits per heavy atom. The smallest absolute Gasteiger partial charge is 0.0931 e. The monoisotopic (exact) mass is 258 g/mol. The highest BCUT2D eigenvalue weighted by Crippen LogP contribution is 2.33.